The first-order valence-electron chi connectivity index (χ1n) is 8.79. The zero-order chi connectivity index (χ0) is 17.3. The van der Waals surface area contributed by atoms with Crippen LogP contribution in [0.4, 0.5) is 0 Å². The zero-order valence-corrected chi connectivity index (χ0v) is 14.1. The fourth-order valence-corrected chi connectivity index (χ4v) is 2.39. The summed E-state index contributed by atoms with van der Waals surface area (Å²) in [6, 6.07) is 0. The van der Waals surface area contributed by atoms with E-state index in [0.717, 1.165) is 57.8 Å². The molecule has 0 saturated heterocycles. The summed E-state index contributed by atoms with van der Waals surface area (Å²) in [6.45, 7) is 0. The minimum Gasteiger partial charge on any atom is -0.481 e. The van der Waals surface area contributed by atoms with Gasteiger partial charge in [0.2, 0.25) is 0 Å². The third-order valence-electron chi connectivity index (χ3n) is 3.76. The van der Waals surface area contributed by atoms with E-state index in [1.54, 1.807) is 0 Å². The minimum atomic E-state index is -0.754. The molecule has 0 aromatic carbocycles. The third-order valence-corrected chi connectivity index (χ3v) is 3.76. The molecule has 0 aromatic rings. The summed E-state index contributed by atoms with van der Waals surface area (Å²) in [5, 5.41) is 26.8. The number of unbranched alkanes of at least 4 members (excludes halogenated alkanes) is 7. The van der Waals surface area contributed by atoms with E-state index in [1.165, 1.54) is 0 Å². The smallest absolute Gasteiger partial charge is 0.303 e. The predicted octanol–water partition coefficient (Wildman–Crippen LogP) is 4.14. The van der Waals surface area contributed by atoms with E-state index in [1.807, 2.05) is 6.08 Å². The van der Waals surface area contributed by atoms with Crippen molar-refractivity contribution >= 4 is 11.9 Å². The van der Waals surface area contributed by atoms with Crippen molar-refractivity contribution in [2.75, 3.05) is 0 Å². The van der Waals surface area contributed by atoms with Crippen molar-refractivity contribution in [3.8, 4) is 0 Å². The quantitative estimate of drug-likeness (QED) is 0.292. The lowest BCUT2D eigenvalue weighted by atomic mass is 10.1. The number of aliphatic carboxylic acids is 2. The second-order valence-electron chi connectivity index (χ2n) is 6.05. The van der Waals surface area contributed by atoms with E-state index in [-0.39, 0.29) is 18.9 Å². The summed E-state index contributed by atoms with van der Waals surface area (Å²) in [5.41, 5.74) is 0. The van der Waals surface area contributed by atoms with Crippen LogP contribution < -0.4 is 0 Å². The van der Waals surface area contributed by atoms with Crippen molar-refractivity contribution in [2.45, 2.75) is 89.6 Å². The molecule has 0 heterocycles. The van der Waals surface area contributed by atoms with Crippen LogP contribution in [0.1, 0.15) is 83.5 Å². The molecule has 5 nitrogen and oxygen atoms in total. The fourth-order valence-electron chi connectivity index (χ4n) is 2.39. The number of carboxylic acid groups (broad SMARTS) is 2. The van der Waals surface area contributed by atoms with Crippen molar-refractivity contribution in [3.05, 3.63) is 12.2 Å². The van der Waals surface area contributed by atoms with Gasteiger partial charge in [0.1, 0.15) is 0 Å². The van der Waals surface area contributed by atoms with Gasteiger partial charge in [0.05, 0.1) is 6.10 Å². The Balaban J connectivity index is 3.31. The maximum atomic E-state index is 10.3. The number of carbonyl (C=O) groups is 2. The van der Waals surface area contributed by atoms with Gasteiger partial charge in [-0.2, -0.15) is 0 Å². The second-order valence-corrected chi connectivity index (χ2v) is 6.05. The molecule has 0 amide bonds. The van der Waals surface area contributed by atoms with Crippen LogP contribution in [0, 0.1) is 0 Å². The summed E-state index contributed by atoms with van der Waals surface area (Å²) >= 11 is 0. The molecule has 134 valence electrons. The average molecular weight is 328 g/mol. The van der Waals surface area contributed by atoms with Crippen LogP contribution in [0.2, 0.25) is 0 Å². The van der Waals surface area contributed by atoms with E-state index in [2.05, 4.69) is 6.08 Å². The highest BCUT2D eigenvalue weighted by atomic mass is 16.4. The topological polar surface area (TPSA) is 94.8 Å². The first-order valence-corrected chi connectivity index (χ1v) is 8.79. The van der Waals surface area contributed by atoms with Gasteiger partial charge < -0.3 is 15.3 Å². The summed E-state index contributed by atoms with van der Waals surface area (Å²) < 4.78 is 0. The molecule has 0 radical (unpaired) electrons. The summed E-state index contributed by atoms with van der Waals surface area (Å²) in [7, 11) is 0. The Hall–Kier alpha value is -1.36. The molecule has 0 saturated carbocycles. The number of carboxylic acids is 2. The van der Waals surface area contributed by atoms with Crippen molar-refractivity contribution in [3.63, 3.8) is 0 Å². The molecule has 0 aliphatic heterocycles. The summed E-state index contributed by atoms with van der Waals surface area (Å²) in [5.74, 6) is -1.47. The second kappa shape index (κ2) is 15.5. The van der Waals surface area contributed by atoms with Crippen LogP contribution in [0.5, 0.6) is 0 Å². The summed E-state index contributed by atoms with van der Waals surface area (Å²) in [4.78, 5) is 20.7. The van der Waals surface area contributed by atoms with Gasteiger partial charge in [0, 0.05) is 12.8 Å². The van der Waals surface area contributed by atoms with Crippen molar-refractivity contribution in [1.29, 1.82) is 0 Å². The molecule has 23 heavy (non-hydrogen) atoms. The van der Waals surface area contributed by atoms with Gasteiger partial charge in [-0.25, -0.2) is 0 Å². The number of rotatable bonds is 16. The Morgan fingerprint density at radius 3 is 1.87 bits per heavy atom. The van der Waals surface area contributed by atoms with Crippen LogP contribution in [-0.2, 0) is 9.59 Å². The largest absolute Gasteiger partial charge is 0.481 e. The van der Waals surface area contributed by atoms with E-state index >= 15 is 0 Å². The van der Waals surface area contributed by atoms with Crippen LogP contribution in [0.25, 0.3) is 0 Å². The number of allylic oxidation sites excluding steroid dienone is 1. The molecule has 0 aromatic heterocycles. The van der Waals surface area contributed by atoms with Gasteiger partial charge in [-0.1, -0.05) is 44.3 Å². The molecule has 0 rings (SSSR count). The molecular weight excluding hydrogens is 296 g/mol. The van der Waals surface area contributed by atoms with Crippen molar-refractivity contribution in [2.24, 2.45) is 0 Å². The SMILES string of the molecule is O=C(O)CCCCCCC/C=C\CC(O)CCCCCC(=O)O. The lowest BCUT2D eigenvalue weighted by molar-refractivity contribution is -0.138. The van der Waals surface area contributed by atoms with Gasteiger partial charge in [0.25, 0.3) is 0 Å². The molecule has 0 aliphatic rings. The van der Waals surface area contributed by atoms with Gasteiger partial charge in [-0.3, -0.25) is 9.59 Å². The number of hydrogen-bond acceptors (Lipinski definition) is 3. The Morgan fingerprint density at radius 1 is 0.739 bits per heavy atom. The fraction of sp³-hybridized carbons (Fsp3) is 0.778. The minimum absolute atomic E-state index is 0.215. The molecule has 0 aliphatic carbocycles. The van der Waals surface area contributed by atoms with Crippen LogP contribution in [-0.4, -0.2) is 33.4 Å². The summed E-state index contributed by atoms with van der Waals surface area (Å²) in [6.07, 6.45) is 14.2. The Morgan fingerprint density at radius 2 is 1.26 bits per heavy atom. The molecule has 5 heteroatoms. The zero-order valence-electron chi connectivity index (χ0n) is 14.1. The maximum absolute atomic E-state index is 10.3. The predicted molar refractivity (Wildman–Crippen MR) is 90.4 cm³/mol. The van der Waals surface area contributed by atoms with E-state index in [4.69, 9.17) is 10.2 Å². The van der Waals surface area contributed by atoms with E-state index < -0.39 is 11.9 Å². The normalized spacial score (nSPS) is 12.6. The van der Waals surface area contributed by atoms with Crippen LogP contribution in [0.3, 0.4) is 0 Å². The maximum Gasteiger partial charge on any atom is 0.303 e. The van der Waals surface area contributed by atoms with E-state index in [9.17, 15) is 14.7 Å². The molecule has 1 unspecified atom stereocenters. The number of aliphatic hydroxyl groups is 1. The van der Waals surface area contributed by atoms with Gasteiger partial charge in [-0.05, 0) is 38.5 Å². The molecule has 3 N–H and O–H groups in total. The highest BCUT2D eigenvalue weighted by Gasteiger charge is 2.02. The lowest BCUT2D eigenvalue weighted by Crippen LogP contribution is -2.04. The monoisotopic (exact) mass is 328 g/mol. The lowest BCUT2D eigenvalue weighted by Gasteiger charge is -2.07. The highest BCUT2D eigenvalue weighted by Crippen LogP contribution is 2.10. The first kappa shape index (κ1) is 21.6. The van der Waals surface area contributed by atoms with Crippen LogP contribution >= 0.6 is 0 Å². The van der Waals surface area contributed by atoms with E-state index in [0.29, 0.717) is 12.8 Å². The first-order chi connectivity index (χ1) is 11.0. The molecule has 0 bridgehead atoms. The Kier molecular flexibility index (Phi) is 14.6. The van der Waals surface area contributed by atoms with Gasteiger partial charge in [-0.15, -0.1) is 0 Å². The highest BCUT2D eigenvalue weighted by molar-refractivity contribution is 5.66. The van der Waals surface area contributed by atoms with Crippen LogP contribution in [0.15, 0.2) is 12.2 Å². The molecule has 0 spiro atoms. The Labute approximate surface area is 139 Å². The third kappa shape index (κ3) is 18.6. The molecular formula is C18H32O5. The van der Waals surface area contributed by atoms with Crippen molar-refractivity contribution in [1.82, 2.24) is 0 Å². The van der Waals surface area contributed by atoms with Gasteiger partial charge in [0.15, 0.2) is 0 Å². The standard InChI is InChI=1S/C18H32O5/c19-16(13-9-7-11-15-18(22)23)12-8-5-3-1-2-4-6-10-14-17(20)21/h5,8,16,19H,1-4,6-7,9-15H2,(H,20,21)(H,22,23)/b8-5-. The van der Waals surface area contributed by atoms with Gasteiger partial charge >= 0.3 is 11.9 Å². The molecule has 1 atom stereocenters. The number of aliphatic hydroxyl groups excluding tert-OH is 1. The van der Waals surface area contributed by atoms with Crippen molar-refractivity contribution < 1.29 is 24.9 Å². The molecule has 0 fully saturated rings. The Bertz CT molecular complexity index is 338. The average Bonchev–Trinajstić information content (AvgIpc) is 2.48. The number of hydrogen-bond donors (Lipinski definition) is 3.